The standard InChI is InChI=1S/C22H25N7O3/c1-29-9-8-13-11-18(32-3)16(10-14(13)12-29)25-22-26-21(19(20(23)30)27-28-22)24-15-6-4-5-7-17(15)31-2/h4-7,10-11H,8-9,12H2,1-3H3,(H2,23,30)(H2,24,25,26,28). The number of nitrogens with one attached hydrogen (secondary N) is 2. The largest absolute Gasteiger partial charge is 0.495 e. The molecule has 1 amide bonds. The van der Waals surface area contributed by atoms with Crippen LogP contribution in [0.25, 0.3) is 0 Å². The second kappa shape index (κ2) is 9.06. The molecule has 2 aromatic carbocycles. The summed E-state index contributed by atoms with van der Waals surface area (Å²) in [6.07, 6.45) is 0.959. The smallest absolute Gasteiger partial charge is 0.273 e. The fourth-order valence-electron chi connectivity index (χ4n) is 3.62. The van der Waals surface area contributed by atoms with Gasteiger partial charge in [0.05, 0.1) is 25.6 Å². The summed E-state index contributed by atoms with van der Waals surface area (Å²) in [5.74, 6) is 0.862. The van der Waals surface area contributed by atoms with Gasteiger partial charge < -0.3 is 30.7 Å². The molecular weight excluding hydrogens is 410 g/mol. The molecule has 0 saturated carbocycles. The minimum absolute atomic E-state index is 0.0829. The summed E-state index contributed by atoms with van der Waals surface area (Å²) < 4.78 is 10.9. The fraction of sp³-hybridized carbons (Fsp3) is 0.273. The SMILES string of the molecule is COc1cc2c(cc1Nc1nnc(C(N)=O)c(Nc3ccccc3OC)n1)CN(C)CC2. The van der Waals surface area contributed by atoms with Crippen LogP contribution >= 0.6 is 0 Å². The van der Waals surface area contributed by atoms with Gasteiger partial charge in [-0.1, -0.05) is 12.1 Å². The van der Waals surface area contributed by atoms with Crippen LogP contribution in [0.3, 0.4) is 0 Å². The molecule has 0 unspecified atom stereocenters. The highest BCUT2D eigenvalue weighted by Crippen LogP contribution is 2.33. The third kappa shape index (κ3) is 4.40. The van der Waals surface area contributed by atoms with Gasteiger partial charge in [-0.25, -0.2) is 0 Å². The summed E-state index contributed by atoms with van der Waals surface area (Å²) in [5, 5.41) is 14.2. The average molecular weight is 435 g/mol. The quantitative estimate of drug-likeness (QED) is 0.513. The van der Waals surface area contributed by atoms with Crippen molar-refractivity contribution in [3.63, 3.8) is 0 Å². The van der Waals surface area contributed by atoms with Crippen molar-refractivity contribution in [1.82, 2.24) is 20.1 Å². The number of para-hydroxylation sites is 2. The second-order valence-electron chi connectivity index (χ2n) is 7.46. The maximum Gasteiger partial charge on any atom is 0.273 e. The molecule has 10 nitrogen and oxygen atoms in total. The van der Waals surface area contributed by atoms with Gasteiger partial charge in [-0.15, -0.1) is 10.2 Å². The van der Waals surface area contributed by atoms with Gasteiger partial charge in [0.2, 0.25) is 5.95 Å². The van der Waals surface area contributed by atoms with Gasteiger partial charge in [0, 0.05) is 13.1 Å². The Balaban J connectivity index is 1.69. The molecule has 1 aliphatic rings. The number of methoxy groups -OCH3 is 2. The van der Waals surface area contributed by atoms with Crippen LogP contribution in [-0.4, -0.2) is 53.8 Å². The van der Waals surface area contributed by atoms with E-state index in [0.29, 0.717) is 22.9 Å². The van der Waals surface area contributed by atoms with Gasteiger partial charge in [0.25, 0.3) is 5.91 Å². The Morgan fingerprint density at radius 3 is 2.56 bits per heavy atom. The maximum absolute atomic E-state index is 11.9. The van der Waals surface area contributed by atoms with Crippen LogP contribution in [-0.2, 0) is 13.0 Å². The Labute approximate surface area is 185 Å². The van der Waals surface area contributed by atoms with Crippen molar-refractivity contribution >= 4 is 29.0 Å². The fourth-order valence-corrected chi connectivity index (χ4v) is 3.62. The molecule has 166 valence electrons. The van der Waals surface area contributed by atoms with Crippen LogP contribution in [0, 0.1) is 0 Å². The second-order valence-corrected chi connectivity index (χ2v) is 7.46. The van der Waals surface area contributed by atoms with Crippen molar-refractivity contribution in [3.8, 4) is 11.5 Å². The molecule has 3 aromatic rings. The summed E-state index contributed by atoms with van der Waals surface area (Å²) in [6, 6.07) is 11.3. The number of anilines is 4. The normalized spacial score (nSPS) is 13.2. The van der Waals surface area contributed by atoms with E-state index < -0.39 is 5.91 Å². The number of carbonyl (C=O) groups is 1. The Morgan fingerprint density at radius 1 is 1.03 bits per heavy atom. The summed E-state index contributed by atoms with van der Waals surface area (Å²) >= 11 is 0. The molecule has 0 aliphatic carbocycles. The predicted octanol–water partition coefficient (Wildman–Crippen LogP) is 2.46. The lowest BCUT2D eigenvalue weighted by Crippen LogP contribution is -2.26. The summed E-state index contributed by atoms with van der Waals surface area (Å²) in [4.78, 5) is 18.6. The molecule has 0 atom stereocenters. The first-order chi connectivity index (χ1) is 15.5. The first kappa shape index (κ1) is 21.3. The van der Waals surface area contributed by atoms with Crippen molar-refractivity contribution in [1.29, 1.82) is 0 Å². The lowest BCUT2D eigenvalue weighted by Gasteiger charge is -2.26. The molecule has 0 radical (unpaired) electrons. The van der Waals surface area contributed by atoms with Crippen LogP contribution in [0.15, 0.2) is 36.4 Å². The van der Waals surface area contributed by atoms with Crippen LogP contribution in [0.4, 0.5) is 23.1 Å². The van der Waals surface area contributed by atoms with Gasteiger partial charge in [0.15, 0.2) is 11.5 Å². The molecule has 1 aliphatic heterocycles. The van der Waals surface area contributed by atoms with E-state index in [1.165, 1.54) is 11.1 Å². The number of primary amides is 1. The molecule has 1 aromatic heterocycles. The van der Waals surface area contributed by atoms with Gasteiger partial charge in [-0.05, 0) is 48.9 Å². The molecule has 2 heterocycles. The number of aromatic nitrogens is 3. The monoisotopic (exact) mass is 435 g/mol. The highest BCUT2D eigenvalue weighted by atomic mass is 16.5. The summed E-state index contributed by atoms with van der Waals surface area (Å²) in [6.45, 7) is 1.84. The number of hydrogen-bond acceptors (Lipinski definition) is 9. The molecule has 10 heteroatoms. The first-order valence-electron chi connectivity index (χ1n) is 10.1. The number of ether oxygens (including phenoxy) is 2. The number of nitrogens with zero attached hydrogens (tertiary/aromatic N) is 4. The van der Waals surface area contributed by atoms with E-state index in [1.807, 2.05) is 24.3 Å². The number of amides is 1. The highest BCUT2D eigenvalue weighted by molar-refractivity contribution is 5.96. The maximum atomic E-state index is 11.9. The molecule has 32 heavy (non-hydrogen) atoms. The zero-order chi connectivity index (χ0) is 22.7. The van der Waals surface area contributed by atoms with Crippen molar-refractivity contribution in [2.75, 3.05) is 38.4 Å². The first-order valence-corrected chi connectivity index (χ1v) is 10.1. The van der Waals surface area contributed by atoms with Crippen molar-refractivity contribution in [3.05, 3.63) is 53.2 Å². The van der Waals surface area contributed by atoms with Crippen molar-refractivity contribution in [2.24, 2.45) is 5.73 Å². The number of fused-ring (bicyclic) bond motifs is 1. The highest BCUT2D eigenvalue weighted by Gasteiger charge is 2.19. The third-order valence-electron chi connectivity index (χ3n) is 5.25. The van der Waals surface area contributed by atoms with E-state index in [0.717, 1.165) is 19.5 Å². The van der Waals surface area contributed by atoms with Crippen LogP contribution in [0.1, 0.15) is 21.6 Å². The van der Waals surface area contributed by atoms with E-state index in [9.17, 15) is 4.79 Å². The molecular formula is C22H25N7O3. The van der Waals surface area contributed by atoms with E-state index in [2.05, 4.69) is 37.8 Å². The molecule has 0 spiro atoms. The minimum Gasteiger partial charge on any atom is -0.495 e. The number of nitrogens with two attached hydrogens (primary N) is 1. The Bertz CT molecular complexity index is 1150. The number of carbonyl (C=O) groups excluding carboxylic acids is 1. The van der Waals surface area contributed by atoms with Gasteiger partial charge in [0.1, 0.15) is 11.5 Å². The lowest BCUT2D eigenvalue weighted by atomic mass is 9.99. The summed E-state index contributed by atoms with van der Waals surface area (Å²) in [5.41, 5.74) is 9.17. The molecule has 4 N–H and O–H groups in total. The predicted molar refractivity (Wildman–Crippen MR) is 121 cm³/mol. The Hall–Kier alpha value is -3.92. The average Bonchev–Trinajstić information content (AvgIpc) is 2.79. The van der Waals surface area contributed by atoms with Crippen LogP contribution in [0.2, 0.25) is 0 Å². The van der Waals surface area contributed by atoms with Crippen LogP contribution in [0.5, 0.6) is 11.5 Å². The summed E-state index contributed by atoms with van der Waals surface area (Å²) in [7, 11) is 5.26. The molecule has 0 saturated heterocycles. The van der Waals surface area contributed by atoms with Gasteiger partial charge in [-0.3, -0.25) is 4.79 Å². The van der Waals surface area contributed by atoms with Crippen LogP contribution < -0.4 is 25.8 Å². The van der Waals surface area contributed by atoms with Crippen molar-refractivity contribution in [2.45, 2.75) is 13.0 Å². The van der Waals surface area contributed by atoms with E-state index in [-0.39, 0.29) is 17.5 Å². The lowest BCUT2D eigenvalue weighted by molar-refractivity contribution is 0.0995. The zero-order valence-electron chi connectivity index (χ0n) is 18.2. The Morgan fingerprint density at radius 2 is 1.81 bits per heavy atom. The van der Waals surface area contributed by atoms with Gasteiger partial charge >= 0.3 is 0 Å². The topological polar surface area (TPSA) is 128 Å². The number of rotatable bonds is 7. The molecule has 0 bridgehead atoms. The third-order valence-corrected chi connectivity index (χ3v) is 5.25. The van der Waals surface area contributed by atoms with Gasteiger partial charge in [-0.2, -0.15) is 4.98 Å². The number of hydrogen-bond donors (Lipinski definition) is 3. The Kier molecular flexibility index (Phi) is 6.04. The van der Waals surface area contributed by atoms with E-state index in [1.54, 1.807) is 26.4 Å². The van der Waals surface area contributed by atoms with E-state index in [4.69, 9.17) is 15.2 Å². The number of benzene rings is 2. The molecule has 4 rings (SSSR count). The zero-order valence-corrected chi connectivity index (χ0v) is 18.2. The van der Waals surface area contributed by atoms with E-state index >= 15 is 0 Å². The molecule has 0 fully saturated rings. The minimum atomic E-state index is -0.747. The number of likely N-dealkylation sites (N-methyl/N-ethyl adjacent to an activating group) is 1. The van der Waals surface area contributed by atoms with Crippen molar-refractivity contribution < 1.29 is 14.3 Å².